The van der Waals surface area contributed by atoms with Crippen molar-refractivity contribution in [2.24, 2.45) is 5.92 Å². The number of halogens is 1. The number of ether oxygens (including phenoxy) is 1. The molecule has 7 heteroatoms. The van der Waals surface area contributed by atoms with Crippen molar-refractivity contribution in [3.8, 4) is 0 Å². The van der Waals surface area contributed by atoms with E-state index in [4.69, 9.17) is 16.3 Å². The fraction of sp³-hybridized carbons (Fsp3) is 0.375. The largest absolute Gasteiger partial charge is 0.457 e. The van der Waals surface area contributed by atoms with Crippen molar-refractivity contribution < 1.29 is 14.3 Å². The third-order valence-corrected chi connectivity index (χ3v) is 5.24. The van der Waals surface area contributed by atoms with Gasteiger partial charge in [-0.05, 0) is 69.8 Å². The summed E-state index contributed by atoms with van der Waals surface area (Å²) in [5.74, 6) is -0.584. The monoisotopic (exact) mass is 441 g/mol. The van der Waals surface area contributed by atoms with E-state index in [2.05, 4.69) is 15.2 Å². The Morgan fingerprint density at radius 1 is 1.16 bits per heavy atom. The maximum Gasteiger partial charge on any atom is 0.331 e. The van der Waals surface area contributed by atoms with Crippen molar-refractivity contribution >= 4 is 35.2 Å². The molecule has 0 saturated carbocycles. The molecule has 2 aromatic rings. The number of likely N-dealkylation sites (tertiary alicyclic amines) is 1. The number of nitrogens with zero attached hydrogens (tertiary/aromatic N) is 2. The molecule has 0 aliphatic carbocycles. The molecule has 1 N–H and O–H groups in total. The summed E-state index contributed by atoms with van der Waals surface area (Å²) in [6, 6.07) is 10.9. The molecule has 1 aliphatic rings. The smallest absolute Gasteiger partial charge is 0.331 e. The minimum Gasteiger partial charge on any atom is -0.457 e. The van der Waals surface area contributed by atoms with Gasteiger partial charge in [0, 0.05) is 42.0 Å². The Morgan fingerprint density at radius 3 is 2.48 bits per heavy atom. The number of likely N-dealkylation sites (N-methyl/N-ethyl adjacent to an activating group) is 1. The van der Waals surface area contributed by atoms with Crippen LogP contribution in [0.1, 0.15) is 37.9 Å². The van der Waals surface area contributed by atoms with Crippen molar-refractivity contribution in [1.29, 1.82) is 0 Å². The Bertz CT molecular complexity index is 950. The molecule has 0 radical (unpaired) electrons. The van der Waals surface area contributed by atoms with Crippen LogP contribution in [0.3, 0.4) is 0 Å². The Kier molecular flexibility index (Phi) is 7.13. The van der Waals surface area contributed by atoms with Gasteiger partial charge in [-0.2, -0.15) is 0 Å². The number of carbonyl (C=O) groups is 2. The SMILES string of the molecule is CN1CC(C(=O)Nc2ccc(Cl)cc2)C(c2ccc(/C=C/C(=O)OC(C)(C)C)nc2)C1. The number of hydrogen-bond acceptors (Lipinski definition) is 5. The molecule has 31 heavy (non-hydrogen) atoms. The fourth-order valence-electron chi connectivity index (χ4n) is 3.60. The van der Waals surface area contributed by atoms with E-state index < -0.39 is 11.6 Å². The maximum absolute atomic E-state index is 12.9. The van der Waals surface area contributed by atoms with Gasteiger partial charge in [0.1, 0.15) is 5.60 Å². The van der Waals surface area contributed by atoms with E-state index in [0.717, 1.165) is 17.8 Å². The van der Waals surface area contributed by atoms with Crippen LogP contribution in [0.15, 0.2) is 48.7 Å². The Labute approximate surface area is 188 Å². The minimum atomic E-state index is -0.533. The molecule has 2 atom stereocenters. The van der Waals surface area contributed by atoms with E-state index in [1.54, 1.807) is 36.5 Å². The molecular weight excluding hydrogens is 414 g/mol. The Morgan fingerprint density at radius 2 is 1.87 bits per heavy atom. The molecule has 1 aromatic carbocycles. The lowest BCUT2D eigenvalue weighted by atomic mass is 9.89. The topological polar surface area (TPSA) is 71.5 Å². The van der Waals surface area contributed by atoms with Crippen LogP contribution in [0.4, 0.5) is 5.69 Å². The van der Waals surface area contributed by atoms with Crippen LogP contribution in [0.25, 0.3) is 6.08 Å². The molecule has 1 aromatic heterocycles. The summed E-state index contributed by atoms with van der Waals surface area (Å²) in [5, 5.41) is 3.61. The maximum atomic E-state index is 12.9. The van der Waals surface area contributed by atoms with Gasteiger partial charge in [0.25, 0.3) is 0 Å². The third-order valence-electron chi connectivity index (χ3n) is 4.99. The summed E-state index contributed by atoms with van der Waals surface area (Å²) < 4.78 is 5.26. The van der Waals surface area contributed by atoms with E-state index in [1.807, 2.05) is 40.0 Å². The second-order valence-electron chi connectivity index (χ2n) is 8.81. The zero-order valence-electron chi connectivity index (χ0n) is 18.3. The van der Waals surface area contributed by atoms with Crippen LogP contribution >= 0.6 is 11.6 Å². The molecule has 1 saturated heterocycles. The number of rotatable bonds is 5. The molecule has 0 spiro atoms. The summed E-state index contributed by atoms with van der Waals surface area (Å²) in [7, 11) is 2.01. The van der Waals surface area contributed by atoms with Crippen LogP contribution in [0.2, 0.25) is 5.02 Å². The standard InChI is InChI=1S/C24H28ClN3O3/c1-24(2,3)31-22(29)12-11-18-8-5-16(13-26-18)20-14-28(4)15-21(20)23(30)27-19-9-6-17(25)7-10-19/h5-13,20-21H,14-15H2,1-4H3,(H,27,30)/b12-11+. The molecule has 2 heterocycles. The van der Waals surface area contributed by atoms with Crippen LogP contribution in [-0.4, -0.2) is 47.5 Å². The number of benzene rings is 1. The van der Waals surface area contributed by atoms with Gasteiger partial charge in [-0.1, -0.05) is 17.7 Å². The van der Waals surface area contributed by atoms with E-state index in [-0.39, 0.29) is 17.7 Å². The second-order valence-corrected chi connectivity index (χ2v) is 9.25. The summed E-state index contributed by atoms with van der Waals surface area (Å²) in [6.07, 6.45) is 4.78. The highest BCUT2D eigenvalue weighted by Crippen LogP contribution is 2.32. The lowest BCUT2D eigenvalue weighted by molar-refractivity contribution is -0.148. The van der Waals surface area contributed by atoms with Gasteiger partial charge in [0.05, 0.1) is 11.6 Å². The minimum absolute atomic E-state index is 0.0226. The normalized spacial score (nSPS) is 19.5. The van der Waals surface area contributed by atoms with E-state index in [1.165, 1.54) is 6.08 Å². The average molecular weight is 442 g/mol. The number of aromatic nitrogens is 1. The van der Waals surface area contributed by atoms with Crippen molar-refractivity contribution in [3.05, 3.63) is 65.0 Å². The molecule has 1 amide bonds. The second kappa shape index (κ2) is 9.62. The number of amides is 1. The molecule has 1 fully saturated rings. The quantitative estimate of drug-likeness (QED) is 0.551. The highest BCUT2D eigenvalue weighted by atomic mass is 35.5. The van der Waals surface area contributed by atoms with Gasteiger partial charge in [-0.3, -0.25) is 9.78 Å². The van der Waals surface area contributed by atoms with Gasteiger partial charge < -0.3 is 15.0 Å². The van der Waals surface area contributed by atoms with Crippen molar-refractivity contribution in [2.75, 3.05) is 25.5 Å². The lowest BCUT2D eigenvalue weighted by Crippen LogP contribution is -2.28. The summed E-state index contributed by atoms with van der Waals surface area (Å²) in [5.41, 5.74) is 1.84. The Hall–Kier alpha value is -2.70. The number of hydrogen-bond donors (Lipinski definition) is 1. The predicted molar refractivity (Wildman–Crippen MR) is 123 cm³/mol. The molecule has 2 unspecified atom stereocenters. The van der Waals surface area contributed by atoms with Crippen molar-refractivity contribution in [2.45, 2.75) is 32.3 Å². The summed E-state index contributed by atoms with van der Waals surface area (Å²) in [6.45, 7) is 6.91. The third kappa shape index (κ3) is 6.64. The number of carbonyl (C=O) groups excluding carboxylic acids is 2. The number of esters is 1. The molecular formula is C24H28ClN3O3. The van der Waals surface area contributed by atoms with Gasteiger partial charge in [-0.25, -0.2) is 4.79 Å². The number of pyridine rings is 1. The molecule has 3 rings (SSSR count). The zero-order valence-corrected chi connectivity index (χ0v) is 19.0. The molecule has 0 bridgehead atoms. The van der Waals surface area contributed by atoms with Gasteiger partial charge in [0.2, 0.25) is 5.91 Å². The first-order valence-corrected chi connectivity index (χ1v) is 10.6. The first kappa shape index (κ1) is 23.0. The molecule has 6 nitrogen and oxygen atoms in total. The zero-order chi connectivity index (χ0) is 22.6. The van der Waals surface area contributed by atoms with Crippen molar-refractivity contribution in [1.82, 2.24) is 9.88 Å². The Balaban J connectivity index is 1.68. The molecule has 1 aliphatic heterocycles. The van der Waals surface area contributed by atoms with E-state index in [0.29, 0.717) is 17.3 Å². The molecule has 164 valence electrons. The predicted octanol–water partition coefficient (Wildman–Crippen LogP) is 4.37. The van der Waals surface area contributed by atoms with Crippen LogP contribution < -0.4 is 5.32 Å². The lowest BCUT2D eigenvalue weighted by Gasteiger charge is -2.18. The van der Waals surface area contributed by atoms with Crippen LogP contribution in [-0.2, 0) is 14.3 Å². The van der Waals surface area contributed by atoms with E-state index >= 15 is 0 Å². The van der Waals surface area contributed by atoms with Crippen LogP contribution in [0.5, 0.6) is 0 Å². The van der Waals surface area contributed by atoms with Crippen molar-refractivity contribution in [3.63, 3.8) is 0 Å². The fourth-order valence-corrected chi connectivity index (χ4v) is 3.72. The van der Waals surface area contributed by atoms with E-state index in [9.17, 15) is 9.59 Å². The van der Waals surface area contributed by atoms with Crippen LogP contribution in [0, 0.1) is 5.92 Å². The number of anilines is 1. The summed E-state index contributed by atoms with van der Waals surface area (Å²) in [4.78, 5) is 31.4. The average Bonchev–Trinajstić information content (AvgIpc) is 3.09. The van der Waals surface area contributed by atoms with Gasteiger partial charge in [-0.15, -0.1) is 0 Å². The van der Waals surface area contributed by atoms with Gasteiger partial charge in [0.15, 0.2) is 0 Å². The highest BCUT2D eigenvalue weighted by Gasteiger charge is 2.37. The first-order chi connectivity index (χ1) is 14.6. The number of nitrogens with one attached hydrogen (secondary N) is 1. The van der Waals surface area contributed by atoms with Gasteiger partial charge >= 0.3 is 5.97 Å². The highest BCUT2D eigenvalue weighted by molar-refractivity contribution is 6.30. The summed E-state index contributed by atoms with van der Waals surface area (Å²) >= 11 is 5.92. The first-order valence-electron chi connectivity index (χ1n) is 10.2.